The predicted molar refractivity (Wildman–Crippen MR) is 107 cm³/mol. The van der Waals surface area contributed by atoms with Gasteiger partial charge < -0.3 is 19.0 Å². The first-order valence-corrected chi connectivity index (χ1v) is 9.52. The van der Waals surface area contributed by atoms with Crippen molar-refractivity contribution in [2.24, 2.45) is 0 Å². The van der Waals surface area contributed by atoms with E-state index < -0.39 is 0 Å². The molecule has 1 aliphatic heterocycles. The Morgan fingerprint density at radius 2 is 1.82 bits per heavy atom. The maximum absolute atomic E-state index is 12.5. The maximum Gasteiger partial charge on any atom is 0.300 e. The Labute approximate surface area is 163 Å². The standard InChI is InChI=1S/C21H24N4O3/c1-15-3-9-18-20(22-15)23-21(28-18)25-13-11-24(12-14-25)19(26)10-6-16-4-7-17(27-2)8-5-16/h3-5,7-9H,6,10-14H2,1-2H3. The van der Waals surface area contributed by atoms with Gasteiger partial charge in [0.15, 0.2) is 5.58 Å². The molecule has 1 saturated heterocycles. The fourth-order valence-corrected chi connectivity index (χ4v) is 3.39. The van der Waals surface area contributed by atoms with Crippen molar-refractivity contribution in [1.29, 1.82) is 0 Å². The molecule has 1 fully saturated rings. The molecule has 0 unspecified atom stereocenters. The Balaban J connectivity index is 1.30. The minimum Gasteiger partial charge on any atom is -0.497 e. The summed E-state index contributed by atoms with van der Waals surface area (Å²) < 4.78 is 11.0. The summed E-state index contributed by atoms with van der Waals surface area (Å²) in [6.45, 7) is 4.70. The molecule has 1 aromatic carbocycles. The van der Waals surface area contributed by atoms with Gasteiger partial charge in [-0.3, -0.25) is 4.79 Å². The fraction of sp³-hybridized carbons (Fsp3) is 0.381. The first-order chi connectivity index (χ1) is 13.6. The van der Waals surface area contributed by atoms with Crippen LogP contribution in [-0.4, -0.2) is 54.1 Å². The van der Waals surface area contributed by atoms with Gasteiger partial charge in [-0.1, -0.05) is 12.1 Å². The number of carbonyl (C=O) groups excluding carboxylic acids is 1. The number of piperazine rings is 1. The lowest BCUT2D eigenvalue weighted by Gasteiger charge is -2.33. The number of carbonyl (C=O) groups is 1. The number of aryl methyl sites for hydroxylation is 2. The smallest absolute Gasteiger partial charge is 0.300 e. The van der Waals surface area contributed by atoms with Crippen molar-refractivity contribution in [3.63, 3.8) is 0 Å². The van der Waals surface area contributed by atoms with Crippen molar-refractivity contribution in [2.75, 3.05) is 38.2 Å². The second-order valence-electron chi connectivity index (χ2n) is 6.99. The Morgan fingerprint density at radius 3 is 2.54 bits per heavy atom. The summed E-state index contributed by atoms with van der Waals surface area (Å²) >= 11 is 0. The molecular weight excluding hydrogens is 356 g/mol. The Kier molecular flexibility index (Phi) is 5.14. The number of methoxy groups -OCH3 is 1. The molecule has 0 bridgehead atoms. The van der Waals surface area contributed by atoms with E-state index in [9.17, 15) is 4.79 Å². The molecule has 1 amide bonds. The molecule has 0 atom stereocenters. The van der Waals surface area contributed by atoms with Crippen molar-refractivity contribution >= 4 is 23.2 Å². The van der Waals surface area contributed by atoms with Crippen LogP contribution in [0.5, 0.6) is 5.75 Å². The number of ether oxygens (including phenoxy) is 1. The van der Waals surface area contributed by atoms with E-state index in [-0.39, 0.29) is 5.91 Å². The van der Waals surface area contributed by atoms with Gasteiger partial charge in [-0.2, -0.15) is 4.98 Å². The van der Waals surface area contributed by atoms with Gasteiger partial charge in [0.1, 0.15) is 5.75 Å². The summed E-state index contributed by atoms with van der Waals surface area (Å²) in [6.07, 6.45) is 1.25. The van der Waals surface area contributed by atoms with Crippen LogP contribution in [0.15, 0.2) is 40.8 Å². The number of pyridine rings is 1. The summed E-state index contributed by atoms with van der Waals surface area (Å²) in [5.74, 6) is 1.01. The number of benzene rings is 1. The van der Waals surface area contributed by atoms with Crippen LogP contribution in [0.3, 0.4) is 0 Å². The van der Waals surface area contributed by atoms with Crippen molar-refractivity contribution in [1.82, 2.24) is 14.9 Å². The normalized spacial score (nSPS) is 14.5. The van der Waals surface area contributed by atoms with Gasteiger partial charge in [0, 0.05) is 38.3 Å². The molecule has 0 aliphatic carbocycles. The summed E-state index contributed by atoms with van der Waals surface area (Å²) in [6, 6.07) is 12.3. The van der Waals surface area contributed by atoms with E-state index in [0.717, 1.165) is 23.4 Å². The monoisotopic (exact) mass is 380 g/mol. The average molecular weight is 380 g/mol. The highest BCUT2D eigenvalue weighted by Crippen LogP contribution is 2.22. The summed E-state index contributed by atoms with van der Waals surface area (Å²) in [5.41, 5.74) is 3.38. The summed E-state index contributed by atoms with van der Waals surface area (Å²) in [4.78, 5) is 25.4. The third-order valence-corrected chi connectivity index (χ3v) is 5.07. The van der Waals surface area contributed by atoms with Crippen LogP contribution in [0.25, 0.3) is 11.2 Å². The zero-order valence-corrected chi connectivity index (χ0v) is 16.2. The molecule has 7 nitrogen and oxygen atoms in total. The van der Waals surface area contributed by atoms with Crippen molar-refractivity contribution in [3.8, 4) is 5.75 Å². The molecule has 0 saturated carbocycles. The van der Waals surface area contributed by atoms with Gasteiger partial charge in [0.25, 0.3) is 6.01 Å². The molecule has 7 heteroatoms. The molecule has 0 radical (unpaired) electrons. The molecule has 4 rings (SSSR count). The Bertz CT molecular complexity index is 959. The molecule has 146 valence electrons. The largest absolute Gasteiger partial charge is 0.497 e. The van der Waals surface area contributed by atoms with E-state index in [2.05, 4.69) is 14.9 Å². The zero-order chi connectivity index (χ0) is 19.5. The van der Waals surface area contributed by atoms with Crippen LogP contribution >= 0.6 is 0 Å². The van der Waals surface area contributed by atoms with Gasteiger partial charge in [-0.15, -0.1) is 0 Å². The lowest BCUT2D eigenvalue weighted by molar-refractivity contribution is -0.131. The second kappa shape index (κ2) is 7.88. The van der Waals surface area contributed by atoms with E-state index in [0.29, 0.717) is 49.8 Å². The van der Waals surface area contributed by atoms with Crippen LogP contribution in [0, 0.1) is 6.92 Å². The lowest BCUT2D eigenvalue weighted by Crippen LogP contribution is -2.49. The topological polar surface area (TPSA) is 71.7 Å². The van der Waals surface area contributed by atoms with Gasteiger partial charge in [0.05, 0.1) is 7.11 Å². The number of fused-ring (bicyclic) bond motifs is 1. The van der Waals surface area contributed by atoms with Crippen LogP contribution in [0.2, 0.25) is 0 Å². The van der Waals surface area contributed by atoms with E-state index in [1.807, 2.05) is 48.2 Å². The number of anilines is 1. The predicted octanol–water partition coefficient (Wildman–Crippen LogP) is 2.82. The van der Waals surface area contributed by atoms with Crippen molar-refractivity contribution in [2.45, 2.75) is 19.8 Å². The first kappa shape index (κ1) is 18.3. The van der Waals surface area contributed by atoms with E-state index in [1.165, 1.54) is 0 Å². The maximum atomic E-state index is 12.5. The molecule has 28 heavy (non-hydrogen) atoms. The van der Waals surface area contributed by atoms with Gasteiger partial charge in [-0.25, -0.2) is 4.98 Å². The first-order valence-electron chi connectivity index (χ1n) is 9.52. The van der Waals surface area contributed by atoms with Gasteiger partial charge in [-0.05, 0) is 43.2 Å². The van der Waals surface area contributed by atoms with Crippen LogP contribution < -0.4 is 9.64 Å². The third-order valence-electron chi connectivity index (χ3n) is 5.07. The van der Waals surface area contributed by atoms with Crippen LogP contribution in [-0.2, 0) is 11.2 Å². The lowest BCUT2D eigenvalue weighted by atomic mass is 10.1. The van der Waals surface area contributed by atoms with E-state index in [1.54, 1.807) is 7.11 Å². The van der Waals surface area contributed by atoms with Gasteiger partial charge >= 0.3 is 0 Å². The number of hydrogen-bond acceptors (Lipinski definition) is 6. The molecule has 3 aromatic rings. The second-order valence-corrected chi connectivity index (χ2v) is 6.99. The van der Waals surface area contributed by atoms with Crippen LogP contribution in [0.1, 0.15) is 17.7 Å². The number of amides is 1. The number of oxazole rings is 1. The fourth-order valence-electron chi connectivity index (χ4n) is 3.39. The summed E-state index contributed by atoms with van der Waals surface area (Å²) in [7, 11) is 1.65. The zero-order valence-electron chi connectivity index (χ0n) is 16.2. The number of rotatable bonds is 5. The minimum atomic E-state index is 0.185. The SMILES string of the molecule is COc1ccc(CCC(=O)N2CCN(c3nc4nc(C)ccc4o3)CC2)cc1. The number of aromatic nitrogens is 2. The van der Waals surface area contributed by atoms with E-state index in [4.69, 9.17) is 9.15 Å². The molecule has 2 aromatic heterocycles. The number of hydrogen-bond donors (Lipinski definition) is 0. The molecule has 0 spiro atoms. The van der Waals surface area contributed by atoms with E-state index >= 15 is 0 Å². The quantitative estimate of drug-likeness (QED) is 0.678. The number of nitrogens with zero attached hydrogens (tertiary/aromatic N) is 4. The highest BCUT2D eigenvalue weighted by atomic mass is 16.5. The molecule has 1 aliphatic rings. The Hall–Kier alpha value is -3.09. The highest BCUT2D eigenvalue weighted by molar-refractivity contribution is 5.77. The molecular formula is C21H24N4O3. The molecule has 3 heterocycles. The van der Waals surface area contributed by atoms with Crippen molar-refractivity contribution < 1.29 is 13.9 Å². The highest BCUT2D eigenvalue weighted by Gasteiger charge is 2.24. The average Bonchev–Trinajstić information content (AvgIpc) is 3.15. The molecule has 0 N–H and O–H groups in total. The van der Waals surface area contributed by atoms with Crippen molar-refractivity contribution in [3.05, 3.63) is 47.7 Å². The Morgan fingerprint density at radius 1 is 1.07 bits per heavy atom. The summed E-state index contributed by atoms with van der Waals surface area (Å²) in [5, 5.41) is 0. The minimum absolute atomic E-state index is 0.185. The van der Waals surface area contributed by atoms with Gasteiger partial charge in [0.2, 0.25) is 11.6 Å². The van der Waals surface area contributed by atoms with Crippen LogP contribution in [0.4, 0.5) is 6.01 Å². The third kappa shape index (κ3) is 3.93.